The van der Waals surface area contributed by atoms with Gasteiger partial charge in [0.2, 0.25) is 5.91 Å². The molecule has 3 rings (SSSR count). The van der Waals surface area contributed by atoms with E-state index in [9.17, 15) is 60.7 Å². The molecule has 17 atom stereocenters. The summed E-state index contributed by atoms with van der Waals surface area (Å²) >= 11 is 0. The van der Waals surface area contributed by atoms with Gasteiger partial charge in [-0.2, -0.15) is 0 Å². The molecule has 3 heterocycles. The SMILES string of the molecule is C[C@H]1C[C@H](O)[C@@H](C)/C=C/C=C/C=C/C=C/C=C/C=C/C=C/C(O[C@@H]2OC[C@@H](O)[C@H](N)[C@@H]2O)C[C@@H]2OC(O)(CC(O)CC(O)C(O)CC[C@@H](O)CC(O)CC(=O)O1)C[C@H](O)[C@H]2C(=O)NCN. The van der Waals surface area contributed by atoms with Crippen LogP contribution in [0.2, 0.25) is 0 Å². The van der Waals surface area contributed by atoms with Gasteiger partial charge in [-0.15, -0.1) is 0 Å². The maximum absolute atomic E-state index is 13.3. The number of aliphatic hydroxyl groups is 10. The van der Waals surface area contributed by atoms with Gasteiger partial charge in [0.25, 0.3) is 0 Å². The number of carbonyl (C=O) groups is 2. The monoisotopic (exact) mass is 923 g/mol. The Labute approximate surface area is 380 Å². The number of ether oxygens (including phenoxy) is 4. The molecule has 6 unspecified atom stereocenters. The summed E-state index contributed by atoms with van der Waals surface area (Å²) in [7, 11) is 0. The third-order valence-electron chi connectivity index (χ3n) is 11.3. The second-order valence-corrected chi connectivity index (χ2v) is 17.1. The summed E-state index contributed by atoms with van der Waals surface area (Å²) in [6.45, 7) is 2.92. The standard InChI is InChI=1S/C46H73N3O16/c1-28-15-13-11-9-7-5-3-4-6-8-10-12-14-16-33(64-45-43(59)42(48)38(57)26-62-45)23-39-41(44(60)49-27-47)37(56)25-46(61,65-39)24-32(52)21-36(55)34(53)18-17-30(50)20-31(51)22-40(58)63-29(2)19-35(28)54/h3-16,28-39,41-43,45,50-57,59,61H,17-27,47-48H2,1-2H3,(H,49,60)/b4-3+,7-5+,8-6+,11-9+,12-10+,15-13+,16-14+/t28-,29-,30+,31?,32?,33?,34?,35-,36?,37-,38+,39-,41+,42-,43-,45-,46?/m0/s1. The van der Waals surface area contributed by atoms with E-state index in [1.165, 1.54) is 0 Å². The van der Waals surface area contributed by atoms with Crippen molar-refractivity contribution in [3.8, 4) is 0 Å². The molecule has 3 aliphatic heterocycles. The van der Waals surface area contributed by atoms with Crippen molar-refractivity contribution >= 4 is 11.9 Å². The molecular formula is C46H73N3O16. The molecule has 0 aromatic heterocycles. The molecular weight excluding hydrogens is 851 g/mol. The minimum absolute atomic E-state index is 0.0935. The van der Waals surface area contributed by atoms with Gasteiger partial charge in [0, 0.05) is 38.0 Å². The van der Waals surface area contributed by atoms with Crippen molar-refractivity contribution in [3.05, 3.63) is 85.1 Å². The van der Waals surface area contributed by atoms with Crippen LogP contribution in [-0.4, -0.2) is 168 Å². The zero-order chi connectivity index (χ0) is 48.1. The molecule has 1 amide bonds. The van der Waals surface area contributed by atoms with Gasteiger partial charge >= 0.3 is 5.97 Å². The molecule has 0 aliphatic carbocycles. The van der Waals surface area contributed by atoms with Crippen molar-refractivity contribution in [1.82, 2.24) is 5.32 Å². The number of esters is 1. The maximum Gasteiger partial charge on any atom is 0.308 e. The number of fused-ring (bicyclic) bond motifs is 2. The van der Waals surface area contributed by atoms with E-state index in [0.717, 1.165) is 0 Å². The molecule has 3 aliphatic rings. The fourth-order valence-electron chi connectivity index (χ4n) is 7.73. The average Bonchev–Trinajstić information content (AvgIpc) is 3.21. The van der Waals surface area contributed by atoms with Crippen LogP contribution in [0.3, 0.4) is 0 Å². The molecule has 0 saturated carbocycles. The van der Waals surface area contributed by atoms with Crippen molar-refractivity contribution in [2.24, 2.45) is 23.3 Å². The first-order valence-corrected chi connectivity index (χ1v) is 22.2. The highest BCUT2D eigenvalue weighted by molar-refractivity contribution is 5.80. The highest BCUT2D eigenvalue weighted by Crippen LogP contribution is 2.38. The molecule has 19 nitrogen and oxygen atoms in total. The van der Waals surface area contributed by atoms with E-state index in [0.29, 0.717) is 0 Å². The van der Waals surface area contributed by atoms with Gasteiger partial charge in [-0.25, -0.2) is 0 Å². The number of nitrogens with one attached hydrogen (secondary N) is 1. The van der Waals surface area contributed by atoms with Crippen LogP contribution in [0.25, 0.3) is 0 Å². The average molecular weight is 924 g/mol. The highest BCUT2D eigenvalue weighted by atomic mass is 16.7. The third kappa shape index (κ3) is 20.1. The van der Waals surface area contributed by atoms with Gasteiger partial charge in [0.05, 0.1) is 92.7 Å². The van der Waals surface area contributed by atoms with Crippen molar-refractivity contribution in [3.63, 3.8) is 0 Å². The summed E-state index contributed by atoms with van der Waals surface area (Å²) in [5.41, 5.74) is 11.5. The van der Waals surface area contributed by atoms with E-state index in [4.69, 9.17) is 30.4 Å². The van der Waals surface area contributed by atoms with Crippen LogP contribution in [-0.2, 0) is 28.5 Å². The number of amides is 1. The maximum atomic E-state index is 13.3. The minimum Gasteiger partial charge on any atom is -0.462 e. The Morgan fingerprint density at radius 1 is 0.723 bits per heavy atom. The summed E-state index contributed by atoms with van der Waals surface area (Å²) in [5.74, 6) is -5.26. The van der Waals surface area contributed by atoms with Crippen LogP contribution in [0.15, 0.2) is 85.1 Å². The Kier molecular flexibility index (Phi) is 24.6. The van der Waals surface area contributed by atoms with Crippen LogP contribution in [0.5, 0.6) is 0 Å². The Hall–Kier alpha value is -3.48. The minimum atomic E-state index is -2.27. The first kappa shape index (κ1) is 55.8. The summed E-state index contributed by atoms with van der Waals surface area (Å²) in [4.78, 5) is 25.8. The molecule has 2 saturated heterocycles. The number of aliphatic hydroxyl groups excluding tert-OH is 9. The molecule has 2 bridgehead atoms. The topological polar surface area (TPSA) is 337 Å². The molecule has 65 heavy (non-hydrogen) atoms. The summed E-state index contributed by atoms with van der Waals surface area (Å²) in [6, 6.07) is -1.11. The van der Waals surface area contributed by atoms with Crippen molar-refractivity contribution in [2.45, 2.75) is 163 Å². The molecule has 368 valence electrons. The lowest BCUT2D eigenvalue weighted by molar-refractivity contribution is -0.304. The lowest BCUT2D eigenvalue weighted by Crippen LogP contribution is -2.59. The van der Waals surface area contributed by atoms with Crippen LogP contribution < -0.4 is 16.8 Å². The van der Waals surface area contributed by atoms with E-state index in [2.05, 4.69) is 5.32 Å². The quantitative estimate of drug-likeness (QED) is 0.119. The first-order chi connectivity index (χ1) is 30.8. The summed E-state index contributed by atoms with van der Waals surface area (Å²) in [6.07, 6.45) is 5.63. The van der Waals surface area contributed by atoms with Crippen molar-refractivity contribution < 1.29 is 79.6 Å². The van der Waals surface area contributed by atoms with E-state index in [1.807, 2.05) is 37.3 Å². The lowest BCUT2D eigenvalue weighted by Gasteiger charge is -2.45. The number of hydrogen-bond donors (Lipinski definition) is 13. The predicted molar refractivity (Wildman–Crippen MR) is 237 cm³/mol. The van der Waals surface area contributed by atoms with E-state index in [-0.39, 0.29) is 51.3 Å². The van der Waals surface area contributed by atoms with Gasteiger partial charge in [-0.1, -0.05) is 92.0 Å². The van der Waals surface area contributed by atoms with Gasteiger partial charge in [-0.05, 0) is 26.2 Å². The second kappa shape index (κ2) is 28.6. The van der Waals surface area contributed by atoms with E-state index < -0.39 is 135 Å². The van der Waals surface area contributed by atoms with Crippen LogP contribution in [0.4, 0.5) is 0 Å². The fraction of sp³-hybridized carbons (Fsp3) is 0.652. The second-order valence-electron chi connectivity index (χ2n) is 17.1. The molecule has 0 aromatic rings. The van der Waals surface area contributed by atoms with Crippen molar-refractivity contribution in [2.75, 3.05) is 13.3 Å². The summed E-state index contributed by atoms with van der Waals surface area (Å²) in [5, 5.41) is 110. The lowest BCUT2D eigenvalue weighted by atomic mass is 9.82. The predicted octanol–water partition coefficient (Wildman–Crippen LogP) is -0.975. The van der Waals surface area contributed by atoms with Gasteiger partial charge in [-0.3, -0.25) is 9.59 Å². The highest BCUT2D eigenvalue weighted by Gasteiger charge is 2.50. The Morgan fingerprint density at radius 2 is 1.32 bits per heavy atom. The van der Waals surface area contributed by atoms with Crippen LogP contribution in [0, 0.1) is 11.8 Å². The van der Waals surface area contributed by atoms with E-state index >= 15 is 0 Å². The molecule has 0 radical (unpaired) electrons. The third-order valence-corrected chi connectivity index (χ3v) is 11.3. The number of cyclic esters (lactones) is 1. The number of nitrogens with two attached hydrogens (primary N) is 2. The number of rotatable bonds is 4. The largest absolute Gasteiger partial charge is 0.462 e. The zero-order valence-corrected chi connectivity index (χ0v) is 37.2. The van der Waals surface area contributed by atoms with Crippen LogP contribution in [0.1, 0.15) is 71.6 Å². The van der Waals surface area contributed by atoms with Gasteiger partial charge < -0.3 is 86.8 Å². The molecule has 0 spiro atoms. The van der Waals surface area contributed by atoms with Crippen LogP contribution >= 0.6 is 0 Å². The zero-order valence-electron chi connectivity index (χ0n) is 37.2. The molecule has 19 heteroatoms. The smallest absolute Gasteiger partial charge is 0.308 e. The molecule has 2 fully saturated rings. The number of hydrogen-bond acceptors (Lipinski definition) is 18. The first-order valence-electron chi connectivity index (χ1n) is 22.2. The van der Waals surface area contributed by atoms with E-state index in [1.54, 1.807) is 61.6 Å². The Balaban J connectivity index is 1.87. The van der Waals surface area contributed by atoms with Gasteiger partial charge in [0.15, 0.2) is 12.1 Å². The number of carbonyl (C=O) groups excluding carboxylic acids is 2. The Morgan fingerprint density at radius 3 is 1.94 bits per heavy atom. The number of allylic oxidation sites excluding steroid dienone is 12. The molecule has 15 N–H and O–H groups in total. The summed E-state index contributed by atoms with van der Waals surface area (Å²) < 4.78 is 23.1. The van der Waals surface area contributed by atoms with Gasteiger partial charge in [0.1, 0.15) is 12.2 Å². The fourth-order valence-corrected chi connectivity index (χ4v) is 7.73. The molecule has 0 aromatic carbocycles. The van der Waals surface area contributed by atoms with Crippen molar-refractivity contribution in [1.29, 1.82) is 0 Å². The Bertz CT molecular complexity index is 1640. The normalized spacial score (nSPS) is 43.1.